The van der Waals surface area contributed by atoms with E-state index in [-0.39, 0.29) is 12.5 Å². The zero-order valence-corrected chi connectivity index (χ0v) is 16.2. The summed E-state index contributed by atoms with van der Waals surface area (Å²) in [6.45, 7) is 2.22. The zero-order valence-electron chi connectivity index (χ0n) is 16.2. The minimum absolute atomic E-state index is 0.107. The second-order valence-electron chi connectivity index (χ2n) is 7.36. The summed E-state index contributed by atoms with van der Waals surface area (Å²) in [5.41, 5.74) is 4.20. The van der Waals surface area contributed by atoms with Gasteiger partial charge in [0.05, 0.1) is 13.2 Å². The fourth-order valence-corrected chi connectivity index (χ4v) is 3.91. The van der Waals surface area contributed by atoms with Crippen molar-refractivity contribution >= 4 is 0 Å². The van der Waals surface area contributed by atoms with Gasteiger partial charge in [0.1, 0.15) is 0 Å². The summed E-state index contributed by atoms with van der Waals surface area (Å²) >= 11 is 0. The van der Waals surface area contributed by atoms with E-state index < -0.39 is 0 Å². The molecule has 0 bridgehead atoms. The Kier molecular flexibility index (Phi) is 5.34. The molecule has 0 amide bonds. The smallest absolute Gasteiger partial charge is 0.185 e. The molecule has 0 aliphatic carbocycles. The third-order valence-electron chi connectivity index (χ3n) is 5.41. The molecular weight excluding hydrogens is 368 g/mol. The first-order valence-electron chi connectivity index (χ1n) is 10.2. The molecule has 2 aromatic carbocycles. The topological polar surface area (TPSA) is 71.3 Å². The largest absolute Gasteiger partial charge is 0.356 e. The van der Waals surface area contributed by atoms with E-state index >= 15 is 0 Å². The molecule has 7 heteroatoms. The quantitative estimate of drug-likeness (QED) is 0.664. The van der Waals surface area contributed by atoms with Gasteiger partial charge >= 0.3 is 0 Å². The second-order valence-corrected chi connectivity index (χ2v) is 7.36. The van der Waals surface area contributed by atoms with Gasteiger partial charge in [-0.15, -0.1) is 5.10 Å². The van der Waals surface area contributed by atoms with E-state index in [9.17, 15) is 0 Å². The maximum atomic E-state index is 5.91. The van der Waals surface area contributed by atoms with E-state index in [1.165, 1.54) is 0 Å². The molecule has 2 aliphatic heterocycles. The fraction of sp³-hybridized carbons (Fsp3) is 0.409. The average molecular weight is 392 g/mol. The Morgan fingerprint density at radius 3 is 2.31 bits per heavy atom. The lowest BCUT2D eigenvalue weighted by Crippen LogP contribution is -2.20. The van der Waals surface area contributed by atoms with Crippen LogP contribution in [-0.4, -0.2) is 40.0 Å². The van der Waals surface area contributed by atoms with Gasteiger partial charge in [0.25, 0.3) is 0 Å². The summed E-state index contributed by atoms with van der Waals surface area (Å²) in [5.74, 6) is 0.732. The van der Waals surface area contributed by atoms with Gasteiger partial charge in [0.2, 0.25) is 0 Å². The van der Waals surface area contributed by atoms with Gasteiger partial charge in [0.15, 0.2) is 18.3 Å². The van der Waals surface area contributed by atoms with Crippen LogP contribution >= 0.6 is 0 Å². The first kappa shape index (κ1) is 18.4. The number of aromatic nitrogens is 4. The van der Waals surface area contributed by atoms with Crippen molar-refractivity contribution in [1.29, 1.82) is 0 Å². The van der Waals surface area contributed by atoms with Crippen molar-refractivity contribution in [2.75, 3.05) is 19.8 Å². The van der Waals surface area contributed by atoms with E-state index in [1.54, 1.807) is 0 Å². The maximum Gasteiger partial charge on any atom is 0.185 e. The average Bonchev–Trinajstić information content (AvgIpc) is 3.30. The molecule has 0 N–H and O–H groups in total. The molecule has 1 unspecified atom stereocenters. The van der Waals surface area contributed by atoms with Crippen LogP contribution in [0.3, 0.4) is 0 Å². The van der Waals surface area contributed by atoms with E-state index in [2.05, 4.69) is 51.9 Å². The molecule has 0 radical (unpaired) electrons. The van der Waals surface area contributed by atoms with Gasteiger partial charge in [-0.3, -0.25) is 0 Å². The number of ether oxygens (including phenoxy) is 3. The summed E-state index contributed by atoms with van der Waals surface area (Å²) in [6.07, 6.45) is 3.70. The van der Waals surface area contributed by atoms with Crippen molar-refractivity contribution in [3.05, 3.63) is 54.1 Å². The molecular formula is C22H24N4O3. The van der Waals surface area contributed by atoms with E-state index in [1.807, 2.05) is 16.8 Å². The molecule has 1 aromatic heterocycles. The predicted molar refractivity (Wildman–Crippen MR) is 107 cm³/mol. The lowest BCUT2D eigenvalue weighted by molar-refractivity contribution is -0.183. The maximum absolute atomic E-state index is 5.91. The van der Waals surface area contributed by atoms with Crippen LogP contribution in [0.1, 0.15) is 43.8 Å². The van der Waals surface area contributed by atoms with Crippen molar-refractivity contribution < 1.29 is 14.2 Å². The third kappa shape index (κ3) is 3.81. The molecule has 7 nitrogen and oxygen atoms in total. The first-order chi connectivity index (χ1) is 14.4. The summed E-state index contributed by atoms with van der Waals surface area (Å²) in [5, 5.41) is 12.5. The van der Waals surface area contributed by atoms with Crippen molar-refractivity contribution in [1.82, 2.24) is 20.2 Å². The highest BCUT2D eigenvalue weighted by atomic mass is 16.7. The van der Waals surface area contributed by atoms with Crippen LogP contribution in [0.5, 0.6) is 0 Å². The molecule has 150 valence electrons. The minimum atomic E-state index is -0.274. The molecule has 29 heavy (non-hydrogen) atoms. The van der Waals surface area contributed by atoms with Crippen LogP contribution < -0.4 is 0 Å². The highest BCUT2D eigenvalue weighted by molar-refractivity contribution is 5.80. The molecule has 5 rings (SSSR count). The van der Waals surface area contributed by atoms with Gasteiger partial charge in [0, 0.05) is 17.7 Å². The molecule has 2 aliphatic rings. The SMILES string of the molecule is c1ccc(-c2nnnn2C2CCCCO2)c(-c2ccc(C3OCCCO3)cc2)c1. The first-order valence-corrected chi connectivity index (χ1v) is 10.2. The molecule has 2 fully saturated rings. The van der Waals surface area contributed by atoms with Crippen LogP contribution in [-0.2, 0) is 14.2 Å². The van der Waals surface area contributed by atoms with E-state index in [4.69, 9.17) is 14.2 Å². The van der Waals surface area contributed by atoms with Crippen molar-refractivity contribution in [3.63, 3.8) is 0 Å². The number of tetrazole rings is 1. The van der Waals surface area contributed by atoms with Crippen molar-refractivity contribution in [3.8, 4) is 22.5 Å². The van der Waals surface area contributed by atoms with Crippen molar-refractivity contribution in [2.24, 2.45) is 0 Å². The Hall–Kier alpha value is -2.61. The Labute approximate surface area is 169 Å². The van der Waals surface area contributed by atoms with E-state index in [0.717, 1.165) is 73.6 Å². The lowest BCUT2D eigenvalue weighted by atomic mass is 9.98. The monoisotopic (exact) mass is 392 g/mol. The fourth-order valence-electron chi connectivity index (χ4n) is 3.91. The zero-order chi connectivity index (χ0) is 19.5. The normalized spacial score (nSPS) is 20.6. The van der Waals surface area contributed by atoms with Gasteiger partial charge < -0.3 is 14.2 Å². The third-order valence-corrected chi connectivity index (χ3v) is 5.41. The Morgan fingerprint density at radius 1 is 0.793 bits per heavy atom. The lowest BCUT2D eigenvalue weighted by Gasteiger charge is -2.24. The Balaban J connectivity index is 1.47. The highest BCUT2D eigenvalue weighted by Gasteiger charge is 2.23. The van der Waals surface area contributed by atoms with Gasteiger partial charge in [-0.05, 0) is 47.2 Å². The van der Waals surface area contributed by atoms with Gasteiger partial charge in [-0.2, -0.15) is 4.68 Å². The van der Waals surface area contributed by atoms with Crippen LogP contribution in [0.15, 0.2) is 48.5 Å². The molecule has 3 heterocycles. The van der Waals surface area contributed by atoms with Gasteiger partial charge in [-0.1, -0.05) is 48.5 Å². The molecule has 1 atom stereocenters. The standard InChI is InChI=1S/C22H24N4O3/c1-2-7-19(21-23-24-25-26(21)20-8-3-4-13-27-20)18(6-1)16-9-11-17(12-10-16)22-28-14-5-15-29-22/h1-2,6-7,9-12,20,22H,3-5,8,13-15H2. The number of hydrogen-bond donors (Lipinski definition) is 0. The molecule has 2 saturated heterocycles. The second kappa shape index (κ2) is 8.41. The minimum Gasteiger partial charge on any atom is -0.356 e. The number of benzene rings is 2. The molecule has 0 spiro atoms. The molecule has 0 saturated carbocycles. The van der Waals surface area contributed by atoms with E-state index in [0.29, 0.717) is 0 Å². The summed E-state index contributed by atoms with van der Waals surface area (Å²) < 4.78 is 19.1. The highest BCUT2D eigenvalue weighted by Crippen LogP contribution is 2.34. The summed E-state index contributed by atoms with van der Waals surface area (Å²) in [6, 6.07) is 16.5. The van der Waals surface area contributed by atoms with Crippen LogP contribution in [0.25, 0.3) is 22.5 Å². The Bertz CT molecular complexity index is 945. The molecule has 3 aromatic rings. The number of hydrogen-bond acceptors (Lipinski definition) is 6. The van der Waals surface area contributed by atoms with Crippen molar-refractivity contribution in [2.45, 2.75) is 38.2 Å². The predicted octanol–water partition coefficient (Wildman–Crippen LogP) is 4.14. The van der Waals surface area contributed by atoms with Crippen LogP contribution in [0, 0.1) is 0 Å². The number of rotatable bonds is 4. The Morgan fingerprint density at radius 2 is 1.55 bits per heavy atom. The summed E-state index contributed by atoms with van der Waals surface area (Å²) in [7, 11) is 0. The van der Waals surface area contributed by atoms with Gasteiger partial charge in [-0.25, -0.2) is 0 Å². The van der Waals surface area contributed by atoms with Crippen LogP contribution in [0.2, 0.25) is 0 Å². The number of nitrogens with zero attached hydrogens (tertiary/aromatic N) is 4. The summed E-state index contributed by atoms with van der Waals surface area (Å²) in [4.78, 5) is 0. The van der Waals surface area contributed by atoms with Crippen LogP contribution in [0.4, 0.5) is 0 Å².